The number of nitrogens with zero attached hydrogens (tertiary/aromatic N) is 4. The molecule has 1 aromatic heterocycles. The topological polar surface area (TPSA) is 88.3 Å². The molecule has 2 atom stereocenters. The number of carboxylic acids is 1. The highest BCUT2D eigenvalue weighted by atomic mass is 16.4. The predicted octanol–water partition coefficient (Wildman–Crippen LogP) is 1.90. The van der Waals surface area contributed by atoms with Crippen LogP contribution in [0, 0.1) is 12.8 Å². The Morgan fingerprint density at radius 2 is 2.08 bits per heavy atom. The normalized spacial score (nSPS) is 20.8. The number of likely N-dealkylation sites (tertiary alicyclic amines) is 1. The fourth-order valence-electron chi connectivity index (χ4n) is 3.14. The fraction of sp³-hybridized carbons (Fsp3) is 0.412. The van der Waals surface area contributed by atoms with Gasteiger partial charge in [0.15, 0.2) is 0 Å². The molecule has 7 heteroatoms. The molecule has 126 valence electrons. The lowest BCUT2D eigenvalue weighted by Crippen LogP contribution is -2.47. The van der Waals surface area contributed by atoms with Gasteiger partial charge in [-0.3, -0.25) is 9.59 Å². The zero-order chi connectivity index (χ0) is 17.3. The molecule has 1 amide bonds. The number of carbonyl (C=O) groups excluding carboxylic acids is 1. The molecule has 0 saturated carbocycles. The largest absolute Gasteiger partial charge is 0.481 e. The lowest BCUT2D eigenvalue weighted by Gasteiger charge is -2.36. The number of hydrogen-bond donors (Lipinski definition) is 1. The summed E-state index contributed by atoms with van der Waals surface area (Å²) in [7, 11) is 0. The SMILES string of the molecule is Cc1cc(C(=O)N2CC(C(=O)O)CCC2C)ccc1-n1cncn1. The van der Waals surface area contributed by atoms with Gasteiger partial charge < -0.3 is 10.0 Å². The number of piperidine rings is 1. The fourth-order valence-corrected chi connectivity index (χ4v) is 3.14. The van der Waals surface area contributed by atoms with Crippen LogP contribution in [-0.4, -0.2) is 49.2 Å². The second-order valence-electron chi connectivity index (χ2n) is 6.26. The monoisotopic (exact) mass is 328 g/mol. The number of carboxylic acid groups (broad SMARTS) is 1. The Bertz CT molecular complexity index is 757. The third kappa shape index (κ3) is 3.02. The van der Waals surface area contributed by atoms with Crippen LogP contribution in [-0.2, 0) is 4.79 Å². The molecule has 2 unspecified atom stereocenters. The molecule has 7 nitrogen and oxygen atoms in total. The van der Waals surface area contributed by atoms with Crippen LogP contribution in [0.25, 0.3) is 5.69 Å². The molecule has 0 aliphatic carbocycles. The average Bonchev–Trinajstić information content (AvgIpc) is 3.08. The summed E-state index contributed by atoms with van der Waals surface area (Å²) in [5.41, 5.74) is 2.33. The van der Waals surface area contributed by atoms with E-state index in [4.69, 9.17) is 0 Å². The highest BCUT2D eigenvalue weighted by Crippen LogP contribution is 2.25. The van der Waals surface area contributed by atoms with Crippen LogP contribution in [0.4, 0.5) is 0 Å². The van der Waals surface area contributed by atoms with Crippen molar-refractivity contribution < 1.29 is 14.7 Å². The van der Waals surface area contributed by atoms with Crippen molar-refractivity contribution in [3.63, 3.8) is 0 Å². The van der Waals surface area contributed by atoms with Gasteiger partial charge in [0.05, 0.1) is 11.6 Å². The van der Waals surface area contributed by atoms with Gasteiger partial charge in [0.2, 0.25) is 0 Å². The minimum absolute atomic E-state index is 0.0448. The number of aliphatic carboxylic acids is 1. The van der Waals surface area contributed by atoms with Crippen molar-refractivity contribution in [2.45, 2.75) is 32.7 Å². The minimum atomic E-state index is -0.836. The Hall–Kier alpha value is -2.70. The third-order valence-corrected chi connectivity index (χ3v) is 4.60. The van der Waals surface area contributed by atoms with Crippen molar-refractivity contribution in [2.24, 2.45) is 5.92 Å². The summed E-state index contributed by atoms with van der Waals surface area (Å²) < 4.78 is 1.65. The van der Waals surface area contributed by atoms with E-state index in [2.05, 4.69) is 10.1 Å². The van der Waals surface area contributed by atoms with Crippen molar-refractivity contribution in [1.29, 1.82) is 0 Å². The van der Waals surface area contributed by atoms with Crippen molar-refractivity contribution >= 4 is 11.9 Å². The highest BCUT2D eigenvalue weighted by molar-refractivity contribution is 5.95. The van der Waals surface area contributed by atoms with Gasteiger partial charge in [-0.1, -0.05) is 0 Å². The van der Waals surface area contributed by atoms with E-state index in [-0.39, 0.29) is 18.5 Å². The van der Waals surface area contributed by atoms with Gasteiger partial charge in [-0.2, -0.15) is 5.10 Å². The number of benzene rings is 1. The third-order valence-electron chi connectivity index (χ3n) is 4.60. The van der Waals surface area contributed by atoms with Crippen LogP contribution in [0.3, 0.4) is 0 Å². The Balaban J connectivity index is 1.84. The highest BCUT2D eigenvalue weighted by Gasteiger charge is 2.33. The van der Waals surface area contributed by atoms with Gasteiger partial charge in [0.25, 0.3) is 5.91 Å². The number of amides is 1. The quantitative estimate of drug-likeness (QED) is 0.929. The molecule has 1 aliphatic rings. The molecule has 1 fully saturated rings. The number of aryl methyl sites for hydroxylation is 1. The van der Waals surface area contributed by atoms with Crippen LogP contribution in [0.2, 0.25) is 0 Å². The van der Waals surface area contributed by atoms with E-state index in [0.29, 0.717) is 18.4 Å². The van der Waals surface area contributed by atoms with Crippen LogP contribution < -0.4 is 0 Å². The van der Waals surface area contributed by atoms with E-state index in [9.17, 15) is 14.7 Å². The molecule has 2 heterocycles. The molecular formula is C17H20N4O3. The van der Waals surface area contributed by atoms with Gasteiger partial charge in [0, 0.05) is 18.2 Å². The van der Waals surface area contributed by atoms with Crippen molar-refractivity contribution in [3.05, 3.63) is 42.0 Å². The Morgan fingerprint density at radius 1 is 1.29 bits per heavy atom. The lowest BCUT2D eigenvalue weighted by atomic mass is 9.92. The summed E-state index contributed by atoms with van der Waals surface area (Å²) in [6, 6.07) is 5.45. The maximum Gasteiger partial charge on any atom is 0.308 e. The van der Waals surface area contributed by atoms with Crippen molar-refractivity contribution in [3.8, 4) is 5.69 Å². The zero-order valence-electron chi connectivity index (χ0n) is 13.7. The van der Waals surface area contributed by atoms with Crippen LogP contribution in [0.15, 0.2) is 30.9 Å². The molecule has 2 aromatic rings. The average molecular weight is 328 g/mol. The summed E-state index contributed by atoms with van der Waals surface area (Å²) in [5, 5.41) is 13.3. The van der Waals surface area contributed by atoms with Gasteiger partial charge in [-0.05, 0) is 50.5 Å². The number of carbonyl (C=O) groups is 2. The molecule has 24 heavy (non-hydrogen) atoms. The maximum atomic E-state index is 12.8. The molecule has 1 N–H and O–H groups in total. The summed E-state index contributed by atoms with van der Waals surface area (Å²) >= 11 is 0. The van der Waals surface area contributed by atoms with Gasteiger partial charge in [-0.25, -0.2) is 9.67 Å². The van der Waals surface area contributed by atoms with Crippen LogP contribution >= 0.6 is 0 Å². The van der Waals surface area contributed by atoms with Gasteiger partial charge in [0.1, 0.15) is 12.7 Å². The second-order valence-corrected chi connectivity index (χ2v) is 6.26. The first-order valence-electron chi connectivity index (χ1n) is 7.97. The first-order chi connectivity index (χ1) is 11.5. The molecule has 1 saturated heterocycles. The molecule has 0 spiro atoms. The van der Waals surface area contributed by atoms with E-state index in [0.717, 1.165) is 11.3 Å². The minimum Gasteiger partial charge on any atom is -0.481 e. The van der Waals surface area contributed by atoms with Crippen molar-refractivity contribution in [1.82, 2.24) is 19.7 Å². The van der Waals surface area contributed by atoms with E-state index in [1.807, 2.05) is 26.0 Å². The standard InChI is InChI=1S/C17H20N4O3/c1-11-7-13(5-6-15(11)21-10-18-9-19-21)16(22)20-8-14(17(23)24)4-3-12(20)2/h5-7,9-10,12,14H,3-4,8H2,1-2H3,(H,23,24). The van der Waals surface area contributed by atoms with E-state index < -0.39 is 11.9 Å². The number of rotatable bonds is 3. The Morgan fingerprint density at radius 3 is 2.71 bits per heavy atom. The summed E-state index contributed by atoms with van der Waals surface area (Å²) in [4.78, 5) is 29.7. The molecule has 1 aromatic carbocycles. The number of hydrogen-bond acceptors (Lipinski definition) is 4. The van der Waals surface area contributed by atoms with Crippen LogP contribution in [0.1, 0.15) is 35.7 Å². The molecule has 0 radical (unpaired) electrons. The van der Waals surface area contributed by atoms with E-state index >= 15 is 0 Å². The smallest absolute Gasteiger partial charge is 0.308 e. The molecule has 0 bridgehead atoms. The zero-order valence-corrected chi connectivity index (χ0v) is 13.7. The predicted molar refractivity (Wildman–Crippen MR) is 87.0 cm³/mol. The van der Waals surface area contributed by atoms with Gasteiger partial charge >= 0.3 is 5.97 Å². The molecule has 3 rings (SSSR count). The first kappa shape index (κ1) is 16.2. The van der Waals surface area contributed by atoms with Crippen LogP contribution in [0.5, 0.6) is 0 Å². The Labute approximate surface area is 139 Å². The van der Waals surface area contributed by atoms with Gasteiger partial charge in [-0.15, -0.1) is 0 Å². The summed E-state index contributed by atoms with van der Waals surface area (Å²) in [5.74, 6) is -1.44. The molecular weight excluding hydrogens is 308 g/mol. The lowest BCUT2D eigenvalue weighted by molar-refractivity contribution is -0.143. The first-order valence-corrected chi connectivity index (χ1v) is 7.97. The van der Waals surface area contributed by atoms with Crippen molar-refractivity contribution in [2.75, 3.05) is 6.54 Å². The number of aromatic nitrogens is 3. The van der Waals surface area contributed by atoms with E-state index in [1.165, 1.54) is 6.33 Å². The summed E-state index contributed by atoms with van der Waals surface area (Å²) in [6.45, 7) is 4.14. The van der Waals surface area contributed by atoms with E-state index in [1.54, 1.807) is 22.0 Å². The molecule has 1 aliphatic heterocycles. The maximum absolute atomic E-state index is 12.8. The Kier molecular flexibility index (Phi) is 4.33. The second kappa shape index (κ2) is 6.43. The summed E-state index contributed by atoms with van der Waals surface area (Å²) in [6.07, 6.45) is 4.39.